The highest BCUT2D eigenvalue weighted by Gasteiger charge is 2.34. The molecule has 1 heterocycles. The summed E-state index contributed by atoms with van der Waals surface area (Å²) in [5, 5.41) is 3.12. The van der Waals surface area contributed by atoms with Crippen molar-refractivity contribution in [3.8, 4) is 5.75 Å². The van der Waals surface area contributed by atoms with E-state index in [0.29, 0.717) is 5.75 Å². The summed E-state index contributed by atoms with van der Waals surface area (Å²) in [6.45, 7) is 6.37. The number of carbonyl (C=O) groups is 1. The quantitative estimate of drug-likeness (QED) is 0.868. The van der Waals surface area contributed by atoms with Gasteiger partial charge in [-0.3, -0.25) is 4.79 Å². The van der Waals surface area contributed by atoms with E-state index >= 15 is 0 Å². The van der Waals surface area contributed by atoms with Gasteiger partial charge in [0.25, 0.3) is 5.91 Å². The normalized spacial score (nSPS) is 21.0. The first-order valence-corrected chi connectivity index (χ1v) is 9.43. The molecule has 4 heteroatoms. The molecule has 138 valence electrons. The molecule has 1 saturated heterocycles. The first kappa shape index (κ1) is 18.5. The second-order valence-electron chi connectivity index (χ2n) is 7.38. The van der Waals surface area contributed by atoms with Crippen LogP contribution in [0.15, 0.2) is 48.5 Å². The van der Waals surface area contributed by atoms with E-state index in [1.165, 1.54) is 17.7 Å². The lowest BCUT2D eigenvalue weighted by atomic mass is 9.95. The first-order chi connectivity index (χ1) is 12.6. The number of hydrogen-bond acceptors (Lipinski definition) is 2. The molecule has 0 aliphatic carbocycles. The number of amides is 1. The van der Waals surface area contributed by atoms with Gasteiger partial charge in [0.15, 0.2) is 6.04 Å². The molecule has 0 unspecified atom stereocenters. The molecule has 3 rings (SSSR count). The van der Waals surface area contributed by atoms with Gasteiger partial charge in [0.2, 0.25) is 0 Å². The lowest BCUT2D eigenvalue weighted by Crippen LogP contribution is -3.14. The molecule has 1 aliphatic heterocycles. The Hall–Kier alpha value is -2.33. The predicted octanol–water partition coefficient (Wildman–Crippen LogP) is 3.00. The Kier molecular flexibility index (Phi) is 5.94. The van der Waals surface area contributed by atoms with Crippen LogP contribution in [0.3, 0.4) is 0 Å². The average molecular weight is 353 g/mol. The molecule has 2 aromatic carbocycles. The number of rotatable bonds is 5. The highest BCUT2D eigenvalue weighted by atomic mass is 16.5. The number of piperidine rings is 1. The Morgan fingerprint density at radius 1 is 1.15 bits per heavy atom. The number of anilines is 1. The van der Waals surface area contributed by atoms with Crippen molar-refractivity contribution in [1.29, 1.82) is 0 Å². The molecule has 0 bridgehead atoms. The third-order valence-corrected chi connectivity index (χ3v) is 5.33. The summed E-state index contributed by atoms with van der Waals surface area (Å²) in [5.74, 6) is 1.47. The lowest BCUT2D eigenvalue weighted by molar-refractivity contribution is -0.927. The van der Waals surface area contributed by atoms with Crippen molar-refractivity contribution in [1.82, 2.24) is 0 Å². The smallest absolute Gasteiger partial charge is 0.287 e. The maximum Gasteiger partial charge on any atom is 0.287 e. The largest absolute Gasteiger partial charge is 0.495 e. The zero-order chi connectivity index (χ0) is 18.5. The molecule has 1 fully saturated rings. The summed E-state index contributed by atoms with van der Waals surface area (Å²) in [4.78, 5) is 14.6. The van der Waals surface area contributed by atoms with Gasteiger partial charge in [-0.2, -0.15) is 0 Å². The van der Waals surface area contributed by atoms with Gasteiger partial charge in [0.05, 0.1) is 25.9 Å². The second-order valence-corrected chi connectivity index (χ2v) is 7.38. The molecular weight excluding hydrogens is 324 g/mol. The zero-order valence-electron chi connectivity index (χ0n) is 15.9. The minimum atomic E-state index is -0.200. The fourth-order valence-electron chi connectivity index (χ4n) is 3.76. The van der Waals surface area contributed by atoms with E-state index < -0.39 is 0 Å². The standard InChI is InChI=1S/C22H28N2O2/c1-16-11-13-24(14-12-16)21(18-7-5-4-6-8-18)22(25)23-19-15-17(2)9-10-20(19)26-3/h4-10,15-16,21H,11-14H2,1-3H3,(H,23,25)/p+1/t21-/m0/s1. The summed E-state index contributed by atoms with van der Waals surface area (Å²) in [6, 6.07) is 15.8. The van der Waals surface area contributed by atoms with Crippen molar-refractivity contribution in [2.75, 3.05) is 25.5 Å². The lowest BCUT2D eigenvalue weighted by Gasteiger charge is -2.33. The topological polar surface area (TPSA) is 42.8 Å². The van der Waals surface area contributed by atoms with Crippen molar-refractivity contribution in [3.63, 3.8) is 0 Å². The summed E-state index contributed by atoms with van der Waals surface area (Å²) in [5.41, 5.74) is 2.90. The Morgan fingerprint density at radius 2 is 1.85 bits per heavy atom. The SMILES string of the molecule is COc1ccc(C)cc1NC(=O)[C@H](c1ccccc1)[NH+]1CCC(C)CC1. The van der Waals surface area contributed by atoms with Crippen molar-refractivity contribution in [2.24, 2.45) is 5.92 Å². The molecule has 1 atom stereocenters. The molecular formula is C22H29N2O2+. The molecule has 1 amide bonds. The second kappa shape index (κ2) is 8.37. The van der Waals surface area contributed by atoms with E-state index in [4.69, 9.17) is 4.74 Å². The minimum absolute atomic E-state index is 0.0321. The summed E-state index contributed by atoms with van der Waals surface area (Å²) < 4.78 is 5.42. The number of methoxy groups -OCH3 is 1. The fourth-order valence-corrected chi connectivity index (χ4v) is 3.76. The van der Waals surface area contributed by atoms with Crippen LogP contribution in [0.2, 0.25) is 0 Å². The van der Waals surface area contributed by atoms with Gasteiger partial charge in [-0.1, -0.05) is 43.3 Å². The van der Waals surface area contributed by atoms with Crippen molar-refractivity contribution < 1.29 is 14.4 Å². The third kappa shape index (κ3) is 4.25. The molecule has 0 saturated carbocycles. The van der Waals surface area contributed by atoms with E-state index in [-0.39, 0.29) is 11.9 Å². The van der Waals surface area contributed by atoms with E-state index in [0.717, 1.165) is 35.8 Å². The molecule has 2 N–H and O–H groups in total. The van der Waals surface area contributed by atoms with Gasteiger partial charge in [0, 0.05) is 5.56 Å². The van der Waals surface area contributed by atoms with E-state index in [1.807, 2.05) is 43.3 Å². The minimum Gasteiger partial charge on any atom is -0.495 e. The summed E-state index contributed by atoms with van der Waals surface area (Å²) in [7, 11) is 1.63. The number of carbonyl (C=O) groups excluding carboxylic acids is 1. The fraction of sp³-hybridized carbons (Fsp3) is 0.409. The van der Waals surface area contributed by atoms with Crippen LogP contribution in [0, 0.1) is 12.8 Å². The maximum absolute atomic E-state index is 13.3. The number of hydrogen-bond donors (Lipinski definition) is 2. The van der Waals surface area contributed by atoms with Crippen LogP contribution in [0.25, 0.3) is 0 Å². The van der Waals surface area contributed by atoms with Gasteiger partial charge in [-0.05, 0) is 43.4 Å². The predicted molar refractivity (Wildman–Crippen MR) is 105 cm³/mol. The van der Waals surface area contributed by atoms with Crippen LogP contribution in [0.1, 0.15) is 36.9 Å². The van der Waals surface area contributed by atoms with Crippen LogP contribution < -0.4 is 15.0 Å². The van der Waals surface area contributed by atoms with Gasteiger partial charge < -0.3 is 15.0 Å². The Bertz CT molecular complexity index is 737. The van der Waals surface area contributed by atoms with Crippen molar-refractivity contribution >= 4 is 11.6 Å². The van der Waals surface area contributed by atoms with Crippen LogP contribution in [0.5, 0.6) is 5.75 Å². The molecule has 4 nitrogen and oxygen atoms in total. The highest BCUT2D eigenvalue weighted by molar-refractivity contribution is 5.96. The third-order valence-electron chi connectivity index (χ3n) is 5.33. The number of likely N-dealkylation sites (tertiary alicyclic amines) is 1. The number of quaternary nitrogens is 1. The van der Waals surface area contributed by atoms with Gasteiger partial charge in [-0.15, -0.1) is 0 Å². The van der Waals surface area contributed by atoms with E-state index in [1.54, 1.807) is 7.11 Å². The summed E-state index contributed by atoms with van der Waals surface area (Å²) in [6.07, 6.45) is 2.33. The number of nitrogens with one attached hydrogen (secondary N) is 2. The number of benzene rings is 2. The van der Waals surface area contributed by atoms with Crippen LogP contribution in [0.4, 0.5) is 5.69 Å². The maximum atomic E-state index is 13.3. The first-order valence-electron chi connectivity index (χ1n) is 9.43. The summed E-state index contributed by atoms with van der Waals surface area (Å²) >= 11 is 0. The Morgan fingerprint density at radius 3 is 2.50 bits per heavy atom. The number of ether oxygens (including phenoxy) is 1. The van der Waals surface area contributed by atoms with Crippen molar-refractivity contribution in [2.45, 2.75) is 32.7 Å². The van der Waals surface area contributed by atoms with Crippen LogP contribution in [-0.4, -0.2) is 26.1 Å². The van der Waals surface area contributed by atoms with Gasteiger partial charge in [-0.25, -0.2) is 0 Å². The van der Waals surface area contributed by atoms with E-state index in [2.05, 4.69) is 24.4 Å². The zero-order valence-corrected chi connectivity index (χ0v) is 15.9. The highest BCUT2D eigenvalue weighted by Crippen LogP contribution is 2.26. The molecule has 26 heavy (non-hydrogen) atoms. The Balaban J connectivity index is 1.87. The molecule has 1 aliphatic rings. The van der Waals surface area contributed by atoms with Crippen LogP contribution >= 0.6 is 0 Å². The molecule has 0 spiro atoms. The van der Waals surface area contributed by atoms with Crippen LogP contribution in [-0.2, 0) is 4.79 Å². The monoisotopic (exact) mass is 353 g/mol. The molecule has 0 aromatic heterocycles. The van der Waals surface area contributed by atoms with Crippen molar-refractivity contribution in [3.05, 3.63) is 59.7 Å². The average Bonchev–Trinajstić information content (AvgIpc) is 2.65. The van der Waals surface area contributed by atoms with Gasteiger partial charge in [0.1, 0.15) is 5.75 Å². The Labute approximate surface area is 156 Å². The molecule has 0 radical (unpaired) electrons. The number of aryl methyl sites for hydroxylation is 1. The van der Waals surface area contributed by atoms with E-state index in [9.17, 15) is 4.79 Å². The van der Waals surface area contributed by atoms with Gasteiger partial charge >= 0.3 is 0 Å². The molecule has 2 aromatic rings.